The number of anilines is 1. The number of ketones is 1. The van der Waals surface area contributed by atoms with E-state index in [2.05, 4.69) is 9.97 Å². The zero-order chi connectivity index (χ0) is 23.8. The van der Waals surface area contributed by atoms with E-state index in [-0.39, 0.29) is 21.9 Å². The van der Waals surface area contributed by atoms with Crippen molar-refractivity contribution in [3.8, 4) is 5.75 Å². The summed E-state index contributed by atoms with van der Waals surface area (Å²) < 4.78 is 6.40. The van der Waals surface area contributed by atoms with Crippen LogP contribution in [0, 0.1) is 0 Å². The molecule has 2 aromatic carbocycles. The predicted molar refractivity (Wildman–Crippen MR) is 131 cm³/mol. The second kappa shape index (κ2) is 8.89. The summed E-state index contributed by atoms with van der Waals surface area (Å²) in [6, 6.07) is 14.8. The fourth-order valence-corrected chi connectivity index (χ4v) is 5.13. The predicted octanol–water partition coefficient (Wildman–Crippen LogP) is 5.37. The number of aliphatic hydroxyl groups is 1. The van der Waals surface area contributed by atoms with Gasteiger partial charge in [0, 0.05) is 18.0 Å². The van der Waals surface area contributed by atoms with Gasteiger partial charge in [-0.25, -0.2) is 4.98 Å². The summed E-state index contributed by atoms with van der Waals surface area (Å²) in [6.45, 7) is 2.25. The minimum atomic E-state index is -0.930. The number of aliphatic hydroxyl groups excluding tert-OH is 1. The van der Waals surface area contributed by atoms with Crippen molar-refractivity contribution in [3.05, 3.63) is 88.7 Å². The number of aromatic nitrogens is 2. The topological polar surface area (TPSA) is 92.6 Å². The molecule has 9 heteroatoms. The summed E-state index contributed by atoms with van der Waals surface area (Å²) in [5.74, 6) is -1.52. The molecule has 3 heterocycles. The first kappa shape index (κ1) is 22.1. The highest BCUT2D eigenvalue weighted by Gasteiger charge is 2.48. The van der Waals surface area contributed by atoms with E-state index < -0.39 is 17.7 Å². The Morgan fingerprint density at radius 1 is 1.18 bits per heavy atom. The van der Waals surface area contributed by atoms with E-state index >= 15 is 0 Å². The van der Waals surface area contributed by atoms with E-state index in [1.54, 1.807) is 42.7 Å². The van der Waals surface area contributed by atoms with Crippen molar-refractivity contribution in [1.29, 1.82) is 0 Å². The molecule has 1 fully saturated rings. The minimum Gasteiger partial charge on any atom is -0.507 e. The van der Waals surface area contributed by atoms with Gasteiger partial charge in [0.1, 0.15) is 11.5 Å². The SMILES string of the molecule is CCOc1ccc(Cl)c(/C(O)=C2\C(=O)C(=O)N(c3nc4ccccc4s3)C2c2cccnc2)c1. The van der Waals surface area contributed by atoms with Gasteiger partial charge >= 0.3 is 5.91 Å². The lowest BCUT2D eigenvalue weighted by Gasteiger charge is -2.22. The van der Waals surface area contributed by atoms with E-state index in [4.69, 9.17) is 16.3 Å². The number of carbonyl (C=O) groups excluding carboxylic acids is 2. The average molecular weight is 492 g/mol. The lowest BCUT2D eigenvalue weighted by molar-refractivity contribution is -0.132. The van der Waals surface area contributed by atoms with Crippen LogP contribution in [0.25, 0.3) is 16.0 Å². The summed E-state index contributed by atoms with van der Waals surface area (Å²) in [7, 11) is 0. The molecule has 4 aromatic rings. The molecule has 1 N–H and O–H groups in total. The normalized spacial score (nSPS) is 17.5. The number of amides is 1. The lowest BCUT2D eigenvalue weighted by atomic mass is 9.96. The molecule has 7 nitrogen and oxygen atoms in total. The van der Waals surface area contributed by atoms with Crippen LogP contribution in [0.4, 0.5) is 5.13 Å². The Morgan fingerprint density at radius 2 is 2.00 bits per heavy atom. The van der Waals surface area contributed by atoms with Gasteiger partial charge in [-0.05, 0) is 48.9 Å². The standard InChI is InChI=1S/C25H18ClN3O4S/c1-2-33-15-9-10-17(26)16(12-15)22(30)20-21(14-6-5-11-27-13-14)29(24(32)23(20)31)25-28-18-7-3-4-8-19(18)34-25/h3-13,21,30H,2H2,1H3/b22-20+. The Labute approximate surface area is 203 Å². The number of carbonyl (C=O) groups is 2. The highest BCUT2D eigenvalue weighted by Crippen LogP contribution is 2.45. The first-order valence-corrected chi connectivity index (χ1v) is 11.7. The van der Waals surface area contributed by atoms with Gasteiger partial charge in [0.05, 0.1) is 33.5 Å². The number of fused-ring (bicyclic) bond motifs is 1. The Hall–Kier alpha value is -3.75. The first-order valence-electron chi connectivity index (χ1n) is 10.5. The van der Waals surface area contributed by atoms with Gasteiger partial charge in [-0.2, -0.15) is 0 Å². The Bertz CT molecular complexity index is 1420. The number of pyridine rings is 1. The van der Waals surface area contributed by atoms with Crippen LogP contribution in [0.3, 0.4) is 0 Å². The Morgan fingerprint density at radius 3 is 2.74 bits per heavy atom. The second-order valence-electron chi connectivity index (χ2n) is 7.49. The summed E-state index contributed by atoms with van der Waals surface area (Å²) in [5.41, 5.74) is 1.37. The number of ether oxygens (including phenoxy) is 1. The van der Waals surface area contributed by atoms with Gasteiger partial charge < -0.3 is 9.84 Å². The lowest BCUT2D eigenvalue weighted by Crippen LogP contribution is -2.29. The number of Topliss-reactive ketones (excluding diaryl/α,β-unsaturated/α-hetero) is 1. The van der Waals surface area contributed by atoms with E-state index in [0.29, 0.717) is 28.6 Å². The van der Waals surface area contributed by atoms with Crippen molar-refractivity contribution < 1.29 is 19.4 Å². The summed E-state index contributed by atoms with van der Waals surface area (Å²) in [5, 5.41) is 11.9. The molecule has 0 saturated carbocycles. The van der Waals surface area contributed by atoms with Crippen LogP contribution in [0.2, 0.25) is 5.02 Å². The molecule has 2 aromatic heterocycles. The van der Waals surface area contributed by atoms with Crippen LogP contribution in [0.5, 0.6) is 5.75 Å². The van der Waals surface area contributed by atoms with Crippen LogP contribution >= 0.6 is 22.9 Å². The highest BCUT2D eigenvalue weighted by molar-refractivity contribution is 7.22. The second-order valence-corrected chi connectivity index (χ2v) is 8.91. The maximum atomic E-state index is 13.3. The van der Waals surface area contributed by atoms with Crippen LogP contribution in [-0.4, -0.2) is 33.4 Å². The Kier molecular flexibility index (Phi) is 5.77. The number of para-hydroxylation sites is 1. The molecule has 1 atom stereocenters. The van der Waals surface area contributed by atoms with Gasteiger partial charge in [-0.15, -0.1) is 0 Å². The number of benzene rings is 2. The third-order valence-electron chi connectivity index (χ3n) is 5.44. The molecule has 1 amide bonds. The molecule has 0 radical (unpaired) electrons. The van der Waals surface area contributed by atoms with Crippen LogP contribution in [-0.2, 0) is 9.59 Å². The number of hydrogen-bond donors (Lipinski definition) is 1. The number of halogens is 1. The molecule has 1 unspecified atom stereocenters. The maximum absolute atomic E-state index is 13.3. The third-order valence-corrected chi connectivity index (χ3v) is 6.80. The number of rotatable bonds is 5. The van der Waals surface area contributed by atoms with E-state index in [1.165, 1.54) is 16.2 Å². The van der Waals surface area contributed by atoms with Gasteiger partial charge in [0.25, 0.3) is 5.78 Å². The zero-order valence-corrected chi connectivity index (χ0v) is 19.5. The van der Waals surface area contributed by atoms with Crippen molar-refractivity contribution in [2.75, 3.05) is 11.5 Å². The maximum Gasteiger partial charge on any atom is 0.301 e. The number of thiazole rings is 1. The number of hydrogen-bond acceptors (Lipinski definition) is 7. The van der Waals surface area contributed by atoms with Gasteiger partial charge in [-0.3, -0.25) is 19.5 Å². The molecule has 0 aliphatic carbocycles. The molecule has 0 bridgehead atoms. The van der Waals surface area contributed by atoms with Crippen molar-refractivity contribution in [3.63, 3.8) is 0 Å². The van der Waals surface area contributed by atoms with Crippen molar-refractivity contribution >= 4 is 55.7 Å². The van der Waals surface area contributed by atoms with E-state index in [0.717, 1.165) is 4.70 Å². The average Bonchev–Trinajstić information content (AvgIpc) is 3.39. The first-order chi connectivity index (χ1) is 16.5. The van der Waals surface area contributed by atoms with Crippen molar-refractivity contribution in [2.45, 2.75) is 13.0 Å². The summed E-state index contributed by atoms with van der Waals surface area (Å²) in [4.78, 5) is 36.6. The van der Waals surface area contributed by atoms with Crippen LogP contribution in [0.1, 0.15) is 24.1 Å². The van der Waals surface area contributed by atoms with Gasteiger partial charge in [0.15, 0.2) is 5.13 Å². The largest absolute Gasteiger partial charge is 0.507 e. The monoisotopic (exact) mass is 491 g/mol. The Balaban J connectivity index is 1.73. The van der Waals surface area contributed by atoms with E-state index in [9.17, 15) is 14.7 Å². The third kappa shape index (κ3) is 3.70. The fraction of sp³-hybridized carbons (Fsp3) is 0.120. The zero-order valence-electron chi connectivity index (χ0n) is 17.9. The van der Waals surface area contributed by atoms with Crippen LogP contribution < -0.4 is 9.64 Å². The molecule has 1 aliphatic heterocycles. The molecular weight excluding hydrogens is 474 g/mol. The van der Waals surface area contributed by atoms with Crippen LogP contribution in [0.15, 0.2) is 72.6 Å². The molecule has 170 valence electrons. The molecule has 1 saturated heterocycles. The molecule has 5 rings (SSSR count). The minimum absolute atomic E-state index is 0.0900. The molecule has 34 heavy (non-hydrogen) atoms. The van der Waals surface area contributed by atoms with E-state index in [1.807, 2.05) is 31.2 Å². The summed E-state index contributed by atoms with van der Waals surface area (Å²) in [6.07, 6.45) is 3.15. The summed E-state index contributed by atoms with van der Waals surface area (Å²) >= 11 is 7.66. The van der Waals surface area contributed by atoms with Gasteiger partial charge in [-0.1, -0.05) is 41.1 Å². The fourth-order valence-electron chi connectivity index (χ4n) is 3.93. The number of nitrogens with zero attached hydrogens (tertiary/aromatic N) is 3. The molecule has 0 spiro atoms. The van der Waals surface area contributed by atoms with Gasteiger partial charge in [0.2, 0.25) is 0 Å². The molecule has 1 aliphatic rings. The highest BCUT2D eigenvalue weighted by atomic mass is 35.5. The molecular formula is C25H18ClN3O4S. The van der Waals surface area contributed by atoms with Crippen molar-refractivity contribution in [1.82, 2.24) is 9.97 Å². The smallest absolute Gasteiger partial charge is 0.301 e. The quantitative estimate of drug-likeness (QED) is 0.229. The van der Waals surface area contributed by atoms with Crippen molar-refractivity contribution in [2.24, 2.45) is 0 Å².